The van der Waals surface area contributed by atoms with E-state index in [1.54, 1.807) is 0 Å². The largest absolute Gasteiger partial charge is 0.462 e. The van der Waals surface area contributed by atoms with Gasteiger partial charge in [0.2, 0.25) is 0 Å². The number of hydrogen-bond donors (Lipinski definition) is 0. The van der Waals surface area contributed by atoms with Crippen LogP contribution < -0.4 is 19.6 Å². The summed E-state index contributed by atoms with van der Waals surface area (Å²) in [4.78, 5) is 9.23. The predicted molar refractivity (Wildman–Crippen MR) is 319 cm³/mol. The van der Waals surface area contributed by atoms with Gasteiger partial charge in [-0.15, -0.1) is 0 Å². The summed E-state index contributed by atoms with van der Waals surface area (Å²) in [6.07, 6.45) is 3.72. The minimum atomic E-state index is 0.750. The summed E-state index contributed by atoms with van der Waals surface area (Å²) in [5.74, 6) is 0. The Morgan fingerprint density at radius 2 is 0.526 bits per heavy atom. The lowest BCUT2D eigenvalue weighted by atomic mass is 10.0. The van der Waals surface area contributed by atoms with Gasteiger partial charge >= 0.3 is 0 Å². The van der Waals surface area contributed by atoms with Crippen LogP contribution in [0, 0.1) is 0 Å². The van der Waals surface area contributed by atoms with Crippen LogP contribution in [-0.2, 0) is 0 Å². The number of rotatable bonds is 12. The molecule has 0 aliphatic rings. The number of fused-ring (bicyclic) bond motifs is 8. The first-order valence-corrected chi connectivity index (χ1v) is 26.0. The molecular weight excluding hydrogens is 961 g/mol. The fraction of sp³-hybridized carbons (Fsp3) is 0. The highest BCUT2D eigenvalue weighted by molar-refractivity contribution is 6.17. The minimum Gasteiger partial charge on any atom is -0.462 e. The zero-order chi connectivity index (χ0) is 51.5. The summed E-state index contributed by atoms with van der Waals surface area (Å²) in [5, 5.41) is 6.00. The summed E-state index contributed by atoms with van der Waals surface area (Å²) in [6, 6.07) is 92.7. The van der Waals surface area contributed by atoms with E-state index >= 15 is 0 Å². The Hall–Kier alpha value is -10.7. The van der Waals surface area contributed by atoms with Crippen LogP contribution in [0.25, 0.3) is 65.8 Å². The highest BCUT2D eigenvalue weighted by atomic mass is 16.3. The first-order valence-electron chi connectivity index (χ1n) is 26.0. The molecule has 0 unspecified atom stereocenters. The van der Waals surface area contributed by atoms with Gasteiger partial charge < -0.3 is 37.3 Å². The van der Waals surface area contributed by atoms with Gasteiger partial charge in [0.05, 0.1) is 44.9 Å². The molecule has 0 saturated heterocycles. The zero-order valence-electron chi connectivity index (χ0n) is 42.0. The molecule has 0 saturated carbocycles. The molecule has 0 amide bonds. The third-order valence-corrected chi connectivity index (χ3v) is 14.7. The molecule has 0 atom stereocenters. The van der Waals surface area contributed by atoms with Crippen molar-refractivity contribution in [3.05, 3.63) is 279 Å². The van der Waals surface area contributed by atoms with Crippen molar-refractivity contribution in [2.24, 2.45) is 0 Å². The SMILES string of the molecule is c1ccc(N(c2cccc(N(c3ccccc3)c3cc(N(c4ccccc4)c4coc5ccccc45)c4c(c3)oc3ccccc34)c2)c2cc(N(c3ccccc3)c3coc4ccccc34)c3c(c2)oc2ccccc23)cc1. The Morgan fingerprint density at radius 3 is 0.923 bits per heavy atom. The van der Waals surface area contributed by atoms with E-state index in [1.165, 1.54) is 0 Å². The molecule has 0 fully saturated rings. The summed E-state index contributed by atoms with van der Waals surface area (Å²) in [5.41, 5.74) is 16.0. The fourth-order valence-corrected chi connectivity index (χ4v) is 11.3. The van der Waals surface area contributed by atoms with Gasteiger partial charge in [0.15, 0.2) is 0 Å². The molecule has 0 aliphatic heterocycles. The molecule has 15 rings (SSSR count). The van der Waals surface area contributed by atoms with Gasteiger partial charge in [0.1, 0.15) is 46.0 Å². The van der Waals surface area contributed by atoms with Crippen molar-refractivity contribution in [3.8, 4) is 0 Å². The van der Waals surface area contributed by atoms with Crippen molar-refractivity contribution in [3.63, 3.8) is 0 Å². The molecule has 370 valence electrons. The lowest BCUT2D eigenvalue weighted by Gasteiger charge is -2.31. The second-order valence-corrected chi connectivity index (χ2v) is 19.3. The summed E-state index contributed by atoms with van der Waals surface area (Å²) < 4.78 is 26.4. The van der Waals surface area contributed by atoms with Crippen molar-refractivity contribution in [2.45, 2.75) is 0 Å². The Bertz CT molecular complexity index is 4370. The van der Waals surface area contributed by atoms with Gasteiger partial charge in [0, 0.05) is 67.8 Å². The number of benzene rings is 11. The third kappa shape index (κ3) is 7.53. The van der Waals surface area contributed by atoms with Gasteiger partial charge in [-0.3, -0.25) is 0 Å². The number of nitrogens with zero attached hydrogens (tertiary/aromatic N) is 4. The Labute approximate surface area is 448 Å². The van der Waals surface area contributed by atoms with E-state index in [9.17, 15) is 0 Å². The molecule has 15 aromatic rings. The van der Waals surface area contributed by atoms with Crippen LogP contribution in [-0.4, -0.2) is 0 Å². The van der Waals surface area contributed by atoms with Crippen LogP contribution in [0.1, 0.15) is 0 Å². The van der Waals surface area contributed by atoms with E-state index in [4.69, 9.17) is 17.7 Å². The molecule has 8 nitrogen and oxygen atoms in total. The van der Waals surface area contributed by atoms with E-state index < -0.39 is 0 Å². The number of anilines is 12. The van der Waals surface area contributed by atoms with Crippen LogP contribution in [0.5, 0.6) is 0 Å². The average Bonchev–Trinajstić information content (AvgIpc) is 4.40. The van der Waals surface area contributed by atoms with Gasteiger partial charge in [-0.2, -0.15) is 0 Å². The maximum Gasteiger partial charge on any atom is 0.139 e. The van der Waals surface area contributed by atoms with Gasteiger partial charge in [-0.05, 0) is 115 Å². The second kappa shape index (κ2) is 18.6. The highest BCUT2D eigenvalue weighted by Crippen LogP contribution is 2.52. The fourth-order valence-electron chi connectivity index (χ4n) is 11.3. The smallest absolute Gasteiger partial charge is 0.139 e. The van der Waals surface area contributed by atoms with Crippen molar-refractivity contribution in [2.75, 3.05) is 19.6 Å². The molecule has 4 aromatic heterocycles. The van der Waals surface area contributed by atoms with E-state index in [0.717, 1.165) is 134 Å². The second-order valence-electron chi connectivity index (χ2n) is 19.3. The molecule has 4 heterocycles. The monoisotopic (exact) mass is 1010 g/mol. The van der Waals surface area contributed by atoms with Gasteiger partial charge in [-0.25, -0.2) is 0 Å². The molecule has 8 heteroatoms. The Morgan fingerprint density at radius 1 is 0.205 bits per heavy atom. The lowest BCUT2D eigenvalue weighted by Crippen LogP contribution is -2.15. The van der Waals surface area contributed by atoms with Crippen molar-refractivity contribution >= 4 is 134 Å². The molecular formula is C70H46N4O4. The number of para-hydroxylation sites is 8. The standard InChI is InChI=1S/C70H46N4O4/c1-5-22-47(23-6-1)71(53-41-59(69-57-34-15-19-38-65(57)77-67(69)43-53)73(49-26-9-3-10-27-49)61-45-75-63-36-17-13-32-55(61)63)51-30-21-31-52(40-51)72(48-24-7-2-8-25-48)54-42-60(70-58-35-16-20-39-66(58)78-68(70)44-54)74(50-28-11-4-12-29-50)62-46-76-64-37-18-14-33-56(62)64/h1-46H. The van der Waals surface area contributed by atoms with Crippen molar-refractivity contribution in [1.82, 2.24) is 0 Å². The average molecular weight is 1010 g/mol. The molecule has 11 aromatic carbocycles. The van der Waals surface area contributed by atoms with Crippen molar-refractivity contribution in [1.29, 1.82) is 0 Å². The maximum absolute atomic E-state index is 6.89. The van der Waals surface area contributed by atoms with E-state index in [-0.39, 0.29) is 0 Å². The molecule has 0 aliphatic carbocycles. The van der Waals surface area contributed by atoms with Gasteiger partial charge in [-0.1, -0.05) is 140 Å². The van der Waals surface area contributed by atoms with Crippen LogP contribution >= 0.6 is 0 Å². The van der Waals surface area contributed by atoms with Crippen LogP contribution in [0.3, 0.4) is 0 Å². The number of hydrogen-bond acceptors (Lipinski definition) is 8. The van der Waals surface area contributed by atoms with E-state index in [1.807, 2.05) is 73.2 Å². The minimum absolute atomic E-state index is 0.750. The van der Waals surface area contributed by atoms with Gasteiger partial charge in [0.25, 0.3) is 0 Å². The summed E-state index contributed by atoms with van der Waals surface area (Å²) >= 11 is 0. The maximum atomic E-state index is 6.89. The van der Waals surface area contributed by atoms with E-state index in [0.29, 0.717) is 0 Å². The normalized spacial score (nSPS) is 11.6. The number of furan rings is 4. The third-order valence-electron chi connectivity index (χ3n) is 14.7. The molecule has 0 spiro atoms. The molecule has 78 heavy (non-hydrogen) atoms. The van der Waals surface area contributed by atoms with Crippen LogP contribution in [0.4, 0.5) is 68.2 Å². The van der Waals surface area contributed by atoms with Crippen LogP contribution in [0.15, 0.2) is 297 Å². The summed E-state index contributed by atoms with van der Waals surface area (Å²) in [6.45, 7) is 0. The molecule has 0 bridgehead atoms. The lowest BCUT2D eigenvalue weighted by molar-refractivity contribution is 0.616. The predicted octanol–water partition coefficient (Wildman–Crippen LogP) is 20.9. The van der Waals surface area contributed by atoms with Crippen LogP contribution in [0.2, 0.25) is 0 Å². The zero-order valence-corrected chi connectivity index (χ0v) is 42.0. The first-order chi connectivity index (χ1) is 38.7. The van der Waals surface area contributed by atoms with Crippen molar-refractivity contribution < 1.29 is 17.7 Å². The molecule has 0 radical (unpaired) electrons. The topological polar surface area (TPSA) is 65.5 Å². The first kappa shape index (κ1) is 44.8. The Balaban J connectivity index is 0.962. The Kier molecular flexibility index (Phi) is 10.7. The van der Waals surface area contributed by atoms with E-state index in [2.05, 4.69) is 226 Å². The highest BCUT2D eigenvalue weighted by Gasteiger charge is 2.28. The summed E-state index contributed by atoms with van der Waals surface area (Å²) in [7, 11) is 0. The molecule has 0 N–H and O–H groups in total. The quantitative estimate of drug-likeness (QED) is 0.120.